The molecule has 1 fully saturated rings. The topological polar surface area (TPSA) is 76.1 Å². The fraction of sp³-hybridized carbons (Fsp3) is 0.267. The maximum Gasteiger partial charge on any atom is 0.300 e. The SMILES string of the molecule is COc1ccc(C2/C(=C(\O)c3cccc(OCC(C)C)c3)C(=O)C(=O)N2c2ccc(C)c(C)c2)cc1. The second-order valence-electron chi connectivity index (χ2n) is 9.44. The Balaban J connectivity index is 1.87. The van der Waals surface area contributed by atoms with Crippen molar-refractivity contribution in [2.24, 2.45) is 5.92 Å². The summed E-state index contributed by atoms with van der Waals surface area (Å²) in [6.07, 6.45) is 0. The first-order chi connectivity index (χ1) is 17.2. The van der Waals surface area contributed by atoms with Gasteiger partial charge in [-0.1, -0.05) is 44.2 Å². The van der Waals surface area contributed by atoms with Gasteiger partial charge in [-0.2, -0.15) is 0 Å². The van der Waals surface area contributed by atoms with Gasteiger partial charge >= 0.3 is 0 Å². The molecule has 1 heterocycles. The largest absolute Gasteiger partial charge is 0.507 e. The minimum atomic E-state index is -0.807. The molecule has 6 heteroatoms. The molecule has 1 saturated heterocycles. The van der Waals surface area contributed by atoms with Crippen LogP contribution >= 0.6 is 0 Å². The van der Waals surface area contributed by atoms with Gasteiger partial charge in [0.1, 0.15) is 17.3 Å². The number of carbonyl (C=O) groups excluding carboxylic acids is 2. The van der Waals surface area contributed by atoms with E-state index >= 15 is 0 Å². The van der Waals surface area contributed by atoms with Crippen molar-refractivity contribution in [2.45, 2.75) is 33.7 Å². The third-order valence-corrected chi connectivity index (χ3v) is 6.34. The van der Waals surface area contributed by atoms with Gasteiger partial charge in [0, 0.05) is 11.3 Å². The number of hydrogen-bond acceptors (Lipinski definition) is 5. The van der Waals surface area contributed by atoms with Crippen LogP contribution in [0, 0.1) is 19.8 Å². The Kier molecular flexibility index (Phi) is 7.15. The highest BCUT2D eigenvalue weighted by Gasteiger charge is 2.47. The smallest absolute Gasteiger partial charge is 0.300 e. The van der Waals surface area contributed by atoms with Crippen LogP contribution in [-0.4, -0.2) is 30.5 Å². The highest BCUT2D eigenvalue weighted by molar-refractivity contribution is 6.51. The number of carbonyl (C=O) groups is 2. The third kappa shape index (κ3) is 4.85. The summed E-state index contributed by atoms with van der Waals surface area (Å²) in [5.74, 6) is -0.0991. The number of rotatable bonds is 7. The van der Waals surface area contributed by atoms with Crippen molar-refractivity contribution < 1.29 is 24.2 Å². The second-order valence-corrected chi connectivity index (χ2v) is 9.44. The van der Waals surface area contributed by atoms with Gasteiger partial charge in [0.15, 0.2) is 0 Å². The van der Waals surface area contributed by atoms with E-state index in [0.717, 1.165) is 11.1 Å². The number of methoxy groups -OCH3 is 1. The molecule has 0 spiro atoms. The maximum absolute atomic E-state index is 13.4. The maximum atomic E-state index is 13.4. The van der Waals surface area contributed by atoms with Gasteiger partial charge in [-0.25, -0.2) is 0 Å². The van der Waals surface area contributed by atoms with Crippen molar-refractivity contribution in [3.8, 4) is 11.5 Å². The summed E-state index contributed by atoms with van der Waals surface area (Å²) < 4.78 is 11.1. The summed E-state index contributed by atoms with van der Waals surface area (Å²) >= 11 is 0. The molecule has 0 radical (unpaired) electrons. The number of ether oxygens (including phenoxy) is 2. The molecule has 6 nitrogen and oxygen atoms in total. The predicted octanol–water partition coefficient (Wildman–Crippen LogP) is 5.97. The van der Waals surface area contributed by atoms with E-state index in [9.17, 15) is 14.7 Å². The van der Waals surface area contributed by atoms with Crippen LogP contribution in [0.4, 0.5) is 5.69 Å². The average Bonchev–Trinajstić information content (AvgIpc) is 3.14. The van der Waals surface area contributed by atoms with Gasteiger partial charge in [-0.05, 0) is 72.9 Å². The van der Waals surface area contributed by atoms with E-state index in [-0.39, 0.29) is 11.3 Å². The Labute approximate surface area is 211 Å². The van der Waals surface area contributed by atoms with E-state index in [1.165, 1.54) is 4.90 Å². The van der Waals surface area contributed by atoms with Crippen LogP contribution in [-0.2, 0) is 9.59 Å². The lowest BCUT2D eigenvalue weighted by atomic mass is 9.95. The molecule has 0 aliphatic carbocycles. The Morgan fingerprint density at radius 2 is 1.67 bits per heavy atom. The number of aliphatic hydroxyl groups excluding tert-OH is 1. The summed E-state index contributed by atoms with van der Waals surface area (Å²) in [4.78, 5) is 28.2. The van der Waals surface area contributed by atoms with E-state index < -0.39 is 17.7 Å². The average molecular weight is 486 g/mol. The van der Waals surface area contributed by atoms with E-state index in [2.05, 4.69) is 0 Å². The monoisotopic (exact) mass is 485 g/mol. The van der Waals surface area contributed by atoms with Crippen molar-refractivity contribution in [3.63, 3.8) is 0 Å². The number of Topliss-reactive ketones (excluding diaryl/α,β-unsaturated/α-hetero) is 1. The molecule has 0 bridgehead atoms. The number of aliphatic hydroxyl groups is 1. The zero-order valence-corrected chi connectivity index (χ0v) is 21.2. The molecule has 36 heavy (non-hydrogen) atoms. The van der Waals surface area contributed by atoms with Gasteiger partial charge in [-0.3, -0.25) is 14.5 Å². The number of amides is 1. The summed E-state index contributed by atoms with van der Waals surface area (Å²) in [5, 5.41) is 11.4. The van der Waals surface area contributed by atoms with Gasteiger partial charge < -0.3 is 14.6 Å². The molecule has 186 valence electrons. The lowest BCUT2D eigenvalue weighted by Gasteiger charge is -2.26. The van der Waals surface area contributed by atoms with Crippen LogP contribution in [0.25, 0.3) is 5.76 Å². The number of aryl methyl sites for hydroxylation is 2. The molecule has 1 amide bonds. The van der Waals surface area contributed by atoms with Gasteiger partial charge in [0.25, 0.3) is 11.7 Å². The molecular weight excluding hydrogens is 454 g/mol. The zero-order chi connectivity index (χ0) is 26.0. The molecule has 1 aliphatic rings. The Morgan fingerprint density at radius 3 is 2.31 bits per heavy atom. The molecule has 1 unspecified atom stereocenters. The molecule has 1 atom stereocenters. The van der Waals surface area contributed by atoms with Crippen LogP contribution in [0.1, 0.15) is 42.1 Å². The molecule has 1 aliphatic heterocycles. The van der Waals surface area contributed by atoms with Gasteiger partial charge in [0.2, 0.25) is 0 Å². The first kappa shape index (κ1) is 25.0. The molecule has 3 aromatic carbocycles. The first-order valence-corrected chi connectivity index (χ1v) is 12.0. The second kappa shape index (κ2) is 10.3. The van der Waals surface area contributed by atoms with Crippen LogP contribution in [0.3, 0.4) is 0 Å². The van der Waals surface area contributed by atoms with E-state index in [1.54, 1.807) is 55.6 Å². The molecule has 1 N–H and O–H groups in total. The molecule has 3 aromatic rings. The normalized spacial score (nSPS) is 17.1. The van der Waals surface area contributed by atoms with Crippen molar-refractivity contribution >= 4 is 23.1 Å². The van der Waals surface area contributed by atoms with Crippen molar-refractivity contribution in [1.82, 2.24) is 0 Å². The van der Waals surface area contributed by atoms with Crippen LogP contribution in [0.15, 0.2) is 72.3 Å². The number of hydrogen-bond donors (Lipinski definition) is 1. The number of nitrogens with zero attached hydrogens (tertiary/aromatic N) is 1. The van der Waals surface area contributed by atoms with Crippen molar-refractivity contribution in [2.75, 3.05) is 18.6 Å². The van der Waals surface area contributed by atoms with E-state index in [0.29, 0.717) is 40.8 Å². The molecule has 0 aromatic heterocycles. The van der Waals surface area contributed by atoms with Gasteiger partial charge in [-0.15, -0.1) is 0 Å². The summed E-state index contributed by atoms with van der Waals surface area (Å²) in [7, 11) is 1.57. The minimum absolute atomic E-state index is 0.0319. The lowest BCUT2D eigenvalue weighted by molar-refractivity contribution is -0.132. The zero-order valence-electron chi connectivity index (χ0n) is 21.2. The highest BCUT2D eigenvalue weighted by Crippen LogP contribution is 2.43. The van der Waals surface area contributed by atoms with Crippen LogP contribution < -0.4 is 14.4 Å². The van der Waals surface area contributed by atoms with Crippen LogP contribution in [0.5, 0.6) is 11.5 Å². The van der Waals surface area contributed by atoms with Crippen molar-refractivity contribution in [1.29, 1.82) is 0 Å². The summed E-state index contributed by atoms with van der Waals surface area (Å²) in [6.45, 7) is 8.57. The van der Waals surface area contributed by atoms with E-state index in [1.807, 2.05) is 45.9 Å². The first-order valence-electron chi connectivity index (χ1n) is 12.0. The number of ketones is 1. The number of benzene rings is 3. The fourth-order valence-electron chi connectivity index (χ4n) is 4.23. The third-order valence-electron chi connectivity index (χ3n) is 6.34. The van der Waals surface area contributed by atoms with Crippen molar-refractivity contribution in [3.05, 3.63) is 94.6 Å². The summed E-state index contributed by atoms with van der Waals surface area (Å²) in [6, 6.07) is 18.9. The quantitative estimate of drug-likeness (QED) is 0.253. The van der Waals surface area contributed by atoms with Gasteiger partial charge in [0.05, 0.1) is 25.3 Å². The minimum Gasteiger partial charge on any atom is -0.507 e. The predicted molar refractivity (Wildman–Crippen MR) is 140 cm³/mol. The van der Waals surface area contributed by atoms with E-state index in [4.69, 9.17) is 9.47 Å². The molecular formula is C30H31NO5. The van der Waals surface area contributed by atoms with Crippen LogP contribution in [0.2, 0.25) is 0 Å². The highest BCUT2D eigenvalue weighted by atomic mass is 16.5. The summed E-state index contributed by atoms with van der Waals surface area (Å²) in [5.41, 5.74) is 3.79. The fourth-order valence-corrected chi connectivity index (χ4v) is 4.23. The standard InChI is InChI=1S/C30H31NO5/c1-18(2)17-36-25-8-6-7-22(16-25)28(32)26-27(21-10-13-24(35-5)14-11-21)31(30(34)29(26)33)23-12-9-19(3)20(4)15-23/h6-16,18,27,32H,17H2,1-5H3/b28-26+. The Morgan fingerprint density at radius 1 is 0.944 bits per heavy atom. The molecule has 4 rings (SSSR count). The Hall–Kier alpha value is -4.06. The lowest BCUT2D eigenvalue weighted by Crippen LogP contribution is -2.29. The molecule has 0 saturated carbocycles. The number of anilines is 1. The Bertz CT molecular complexity index is 1320.